The van der Waals surface area contributed by atoms with E-state index in [-0.39, 0.29) is 11.2 Å². The molecule has 3 aliphatic rings. The summed E-state index contributed by atoms with van der Waals surface area (Å²) in [6, 6.07) is 17.8. The summed E-state index contributed by atoms with van der Waals surface area (Å²) in [6.07, 6.45) is 8.50. The number of hydrogen-bond acceptors (Lipinski definition) is 5. The molecular weight excluding hydrogens is 491 g/mol. The SMILES string of the molecule is COc1ccc(/C=N\N=C2\CC[C@@H]3[C@@H]4CCc5cc(O)ccc5[C@@H]4CC[C@]23C)cc1COc1ccc(F)cc1. The second kappa shape index (κ2) is 10.5. The van der Waals surface area contributed by atoms with Crippen molar-refractivity contribution in [1.29, 1.82) is 0 Å². The molecule has 202 valence electrons. The standard InChI is InChI=1S/C33H35FN2O3/c1-33-16-15-28-27-11-7-25(37)18-22(27)4-10-29(28)30(33)12-14-32(33)36-35-19-21-3-13-31(38-2)23(17-21)20-39-26-8-5-24(34)6-9-26/h3,5-9,11,13,17-19,28-30,37H,4,10,12,14-16,20H2,1-2H3/b35-19-,36-32-/t28-,29+,30+,33-/m0/s1. The third kappa shape index (κ3) is 4.93. The molecule has 6 rings (SSSR count). The minimum absolute atomic E-state index is 0.0982. The van der Waals surface area contributed by atoms with E-state index in [1.807, 2.05) is 30.3 Å². The van der Waals surface area contributed by atoms with Crippen LogP contribution in [0, 0.1) is 23.1 Å². The Morgan fingerprint density at radius 1 is 1.03 bits per heavy atom. The molecule has 0 unspecified atom stereocenters. The molecule has 0 spiro atoms. The number of halogens is 1. The summed E-state index contributed by atoms with van der Waals surface area (Å²) in [7, 11) is 1.64. The van der Waals surface area contributed by atoms with Crippen LogP contribution in [0.4, 0.5) is 4.39 Å². The number of benzene rings is 3. The van der Waals surface area contributed by atoms with Crippen molar-refractivity contribution in [1.82, 2.24) is 0 Å². The summed E-state index contributed by atoms with van der Waals surface area (Å²) in [5, 5.41) is 19.3. The molecule has 0 amide bonds. The number of rotatable bonds is 6. The first-order valence-electron chi connectivity index (χ1n) is 13.9. The lowest BCUT2D eigenvalue weighted by Crippen LogP contribution is -2.42. The van der Waals surface area contributed by atoms with E-state index in [1.165, 1.54) is 41.8 Å². The van der Waals surface area contributed by atoms with E-state index in [0.29, 0.717) is 35.9 Å². The van der Waals surface area contributed by atoms with E-state index in [4.69, 9.17) is 14.6 Å². The van der Waals surface area contributed by atoms with E-state index in [1.54, 1.807) is 25.5 Å². The molecule has 0 aliphatic heterocycles. The molecule has 1 N–H and O–H groups in total. The number of ether oxygens (including phenoxy) is 2. The number of nitrogens with zero attached hydrogens (tertiary/aromatic N) is 2. The Kier molecular flexibility index (Phi) is 6.88. The Hall–Kier alpha value is -3.67. The lowest BCUT2D eigenvalue weighted by Gasteiger charge is -2.49. The zero-order valence-corrected chi connectivity index (χ0v) is 22.6. The number of aryl methyl sites for hydroxylation is 1. The highest BCUT2D eigenvalue weighted by Gasteiger charge is 2.53. The van der Waals surface area contributed by atoms with Crippen LogP contribution in [0.1, 0.15) is 67.2 Å². The zero-order valence-electron chi connectivity index (χ0n) is 22.6. The summed E-state index contributed by atoms with van der Waals surface area (Å²) in [4.78, 5) is 0. The Balaban J connectivity index is 1.16. The van der Waals surface area contributed by atoms with Crippen molar-refractivity contribution in [2.75, 3.05) is 7.11 Å². The Morgan fingerprint density at radius 3 is 2.69 bits per heavy atom. The second-order valence-electron chi connectivity index (χ2n) is 11.4. The van der Waals surface area contributed by atoms with Gasteiger partial charge in [-0.2, -0.15) is 10.2 Å². The van der Waals surface area contributed by atoms with E-state index >= 15 is 0 Å². The highest BCUT2D eigenvalue weighted by Crippen LogP contribution is 2.60. The molecule has 0 bridgehead atoms. The molecule has 0 heterocycles. The molecule has 2 fully saturated rings. The molecule has 39 heavy (non-hydrogen) atoms. The minimum atomic E-state index is -0.291. The molecule has 2 saturated carbocycles. The van der Waals surface area contributed by atoms with Crippen molar-refractivity contribution >= 4 is 11.9 Å². The highest BCUT2D eigenvalue weighted by atomic mass is 19.1. The van der Waals surface area contributed by atoms with Gasteiger partial charge >= 0.3 is 0 Å². The van der Waals surface area contributed by atoms with Crippen molar-refractivity contribution in [2.24, 2.45) is 27.5 Å². The first-order valence-corrected chi connectivity index (χ1v) is 13.9. The van der Waals surface area contributed by atoms with Gasteiger partial charge in [0.15, 0.2) is 0 Å². The van der Waals surface area contributed by atoms with Crippen LogP contribution >= 0.6 is 0 Å². The Morgan fingerprint density at radius 2 is 1.87 bits per heavy atom. The summed E-state index contributed by atoms with van der Waals surface area (Å²) in [5.74, 6) is 3.30. The predicted octanol–water partition coefficient (Wildman–Crippen LogP) is 7.45. The Bertz CT molecular complexity index is 1420. The maximum atomic E-state index is 13.2. The highest BCUT2D eigenvalue weighted by molar-refractivity contribution is 5.93. The van der Waals surface area contributed by atoms with Gasteiger partial charge in [0.05, 0.1) is 13.3 Å². The van der Waals surface area contributed by atoms with Gasteiger partial charge in [-0.1, -0.05) is 13.0 Å². The number of methoxy groups -OCH3 is 1. The van der Waals surface area contributed by atoms with Crippen LogP contribution in [0.15, 0.2) is 70.9 Å². The maximum absolute atomic E-state index is 13.2. The van der Waals surface area contributed by atoms with Gasteiger partial charge in [-0.25, -0.2) is 4.39 Å². The topological polar surface area (TPSA) is 63.4 Å². The van der Waals surface area contributed by atoms with Crippen molar-refractivity contribution in [3.8, 4) is 17.2 Å². The molecule has 0 radical (unpaired) electrons. The smallest absolute Gasteiger partial charge is 0.125 e. The average Bonchev–Trinajstić information content (AvgIpc) is 3.28. The lowest BCUT2D eigenvalue weighted by atomic mass is 9.55. The van der Waals surface area contributed by atoms with Gasteiger partial charge in [0.2, 0.25) is 0 Å². The number of fused-ring (bicyclic) bond motifs is 5. The van der Waals surface area contributed by atoms with Crippen LogP contribution in [-0.2, 0) is 13.0 Å². The lowest BCUT2D eigenvalue weighted by molar-refractivity contribution is 0.0955. The molecule has 0 aromatic heterocycles. The number of hydrogen-bond donors (Lipinski definition) is 1. The fraction of sp³-hybridized carbons (Fsp3) is 0.394. The molecule has 3 aromatic carbocycles. The molecule has 3 aromatic rings. The van der Waals surface area contributed by atoms with Gasteiger partial charge in [0.25, 0.3) is 0 Å². The van der Waals surface area contributed by atoms with E-state index in [9.17, 15) is 9.50 Å². The number of aromatic hydroxyl groups is 1. The van der Waals surface area contributed by atoms with Crippen LogP contribution < -0.4 is 9.47 Å². The van der Waals surface area contributed by atoms with Crippen LogP contribution in [-0.4, -0.2) is 24.1 Å². The molecule has 5 nitrogen and oxygen atoms in total. The molecule has 0 saturated heterocycles. The van der Waals surface area contributed by atoms with Crippen LogP contribution in [0.25, 0.3) is 0 Å². The van der Waals surface area contributed by atoms with Crippen molar-refractivity contribution in [3.63, 3.8) is 0 Å². The summed E-state index contributed by atoms with van der Waals surface area (Å²) in [5.41, 5.74) is 5.92. The Labute approximate surface area is 229 Å². The van der Waals surface area contributed by atoms with Gasteiger partial charge < -0.3 is 14.6 Å². The van der Waals surface area contributed by atoms with Crippen molar-refractivity contribution < 1.29 is 19.0 Å². The quantitative estimate of drug-likeness (QED) is 0.268. The van der Waals surface area contributed by atoms with E-state index < -0.39 is 0 Å². The second-order valence-corrected chi connectivity index (χ2v) is 11.4. The molecular formula is C33H35FN2O3. The fourth-order valence-corrected chi connectivity index (χ4v) is 7.37. The monoisotopic (exact) mass is 526 g/mol. The van der Waals surface area contributed by atoms with Crippen LogP contribution in [0.3, 0.4) is 0 Å². The van der Waals surface area contributed by atoms with Gasteiger partial charge in [-0.05, 0) is 128 Å². The van der Waals surface area contributed by atoms with Gasteiger partial charge in [-0.15, -0.1) is 0 Å². The zero-order chi connectivity index (χ0) is 27.0. The summed E-state index contributed by atoms with van der Waals surface area (Å²) >= 11 is 0. The van der Waals surface area contributed by atoms with E-state index in [2.05, 4.69) is 18.1 Å². The average molecular weight is 527 g/mol. The number of phenolic OH excluding ortho intramolecular Hbond substituents is 1. The normalized spacial score (nSPS) is 26.7. The predicted molar refractivity (Wildman–Crippen MR) is 151 cm³/mol. The largest absolute Gasteiger partial charge is 0.508 e. The maximum Gasteiger partial charge on any atom is 0.125 e. The van der Waals surface area contributed by atoms with Crippen LogP contribution in [0.2, 0.25) is 0 Å². The third-order valence-electron chi connectivity index (χ3n) is 9.35. The fourth-order valence-electron chi connectivity index (χ4n) is 7.37. The van der Waals surface area contributed by atoms with Gasteiger partial charge in [-0.3, -0.25) is 0 Å². The minimum Gasteiger partial charge on any atom is -0.508 e. The molecule has 6 heteroatoms. The van der Waals surface area contributed by atoms with Crippen molar-refractivity contribution in [3.05, 3.63) is 88.7 Å². The van der Waals surface area contributed by atoms with E-state index in [0.717, 1.165) is 42.6 Å². The van der Waals surface area contributed by atoms with Crippen molar-refractivity contribution in [2.45, 2.75) is 58.0 Å². The molecule has 4 atom stereocenters. The number of phenols is 1. The third-order valence-corrected chi connectivity index (χ3v) is 9.35. The first kappa shape index (κ1) is 25.6. The first-order chi connectivity index (χ1) is 18.9. The van der Waals surface area contributed by atoms with Gasteiger partial charge in [0.1, 0.15) is 29.7 Å². The van der Waals surface area contributed by atoms with Gasteiger partial charge in [0, 0.05) is 16.7 Å². The summed E-state index contributed by atoms with van der Waals surface area (Å²) in [6.45, 7) is 2.70. The van der Waals surface area contributed by atoms with Crippen LogP contribution in [0.5, 0.6) is 17.2 Å². The summed E-state index contributed by atoms with van der Waals surface area (Å²) < 4.78 is 24.6. The molecule has 3 aliphatic carbocycles.